The molecule has 0 saturated carbocycles. The summed E-state index contributed by atoms with van der Waals surface area (Å²) < 4.78 is 12.1. The van der Waals surface area contributed by atoms with Gasteiger partial charge in [-0.05, 0) is 38.0 Å². The second-order valence-corrected chi connectivity index (χ2v) is 13.0. The molecule has 0 radical (unpaired) electrons. The average Bonchev–Trinajstić information content (AvgIpc) is 3.16. The summed E-state index contributed by atoms with van der Waals surface area (Å²) in [5, 5.41) is 10.5. The van der Waals surface area contributed by atoms with E-state index in [4.69, 9.17) is 9.47 Å². The summed E-state index contributed by atoms with van der Waals surface area (Å²) in [5.41, 5.74) is -1.84. The fourth-order valence-corrected chi connectivity index (χ4v) is 7.16. The van der Waals surface area contributed by atoms with Gasteiger partial charge in [0.15, 0.2) is 0 Å². The SMILES string of the molecule is CC[C@H](C)[C@H](CO)N1C(=O)[C@@H]2[C@@H]3C(=O)OCCC=C[C@@H]3O[C@@]23C=CCN(C(C)(C)CC(C)(C)C)C(=O)C13. The molecule has 8 nitrogen and oxygen atoms in total. The van der Waals surface area contributed by atoms with Crippen molar-refractivity contribution >= 4 is 17.8 Å². The van der Waals surface area contributed by atoms with Crippen LogP contribution in [0.3, 0.4) is 0 Å². The number of hydrogen-bond acceptors (Lipinski definition) is 6. The number of amides is 2. The van der Waals surface area contributed by atoms with Gasteiger partial charge in [0, 0.05) is 12.1 Å². The monoisotopic (exact) mass is 516 g/mol. The molecule has 0 bridgehead atoms. The van der Waals surface area contributed by atoms with Crippen LogP contribution in [0.2, 0.25) is 0 Å². The maximum Gasteiger partial charge on any atom is 0.312 e. The molecule has 206 valence electrons. The Labute approximate surface area is 221 Å². The van der Waals surface area contributed by atoms with E-state index < -0.39 is 47.1 Å². The third-order valence-corrected chi connectivity index (χ3v) is 8.60. The van der Waals surface area contributed by atoms with E-state index in [0.29, 0.717) is 13.0 Å². The number of aliphatic hydroxyl groups is 1. The molecule has 4 aliphatic heterocycles. The normalized spacial score (nSPS) is 33.8. The average molecular weight is 517 g/mol. The smallest absolute Gasteiger partial charge is 0.312 e. The Bertz CT molecular complexity index is 981. The maximum absolute atomic E-state index is 14.6. The minimum absolute atomic E-state index is 0.0284. The van der Waals surface area contributed by atoms with Crippen LogP contribution in [0.4, 0.5) is 0 Å². The molecule has 0 aliphatic carbocycles. The quantitative estimate of drug-likeness (QED) is 0.431. The molecule has 7 atom stereocenters. The maximum atomic E-state index is 14.6. The van der Waals surface area contributed by atoms with E-state index in [2.05, 4.69) is 34.6 Å². The zero-order valence-corrected chi connectivity index (χ0v) is 23.4. The van der Waals surface area contributed by atoms with Crippen LogP contribution in [0.15, 0.2) is 24.3 Å². The van der Waals surface area contributed by atoms with E-state index in [1.807, 2.05) is 43.1 Å². The van der Waals surface area contributed by atoms with Gasteiger partial charge in [-0.2, -0.15) is 0 Å². The molecule has 2 amide bonds. The molecule has 1 unspecified atom stereocenters. The van der Waals surface area contributed by atoms with Crippen LogP contribution in [-0.4, -0.2) is 81.8 Å². The highest BCUT2D eigenvalue weighted by Gasteiger charge is 2.73. The highest BCUT2D eigenvalue weighted by Crippen LogP contribution is 2.54. The van der Waals surface area contributed by atoms with Gasteiger partial charge in [0.1, 0.15) is 17.6 Å². The third-order valence-electron chi connectivity index (χ3n) is 8.60. The van der Waals surface area contributed by atoms with E-state index in [0.717, 1.165) is 12.8 Å². The lowest BCUT2D eigenvalue weighted by atomic mass is 9.77. The zero-order chi connectivity index (χ0) is 27.3. The van der Waals surface area contributed by atoms with Crippen molar-refractivity contribution in [3.05, 3.63) is 24.3 Å². The zero-order valence-electron chi connectivity index (χ0n) is 23.4. The van der Waals surface area contributed by atoms with Crippen molar-refractivity contribution in [3.63, 3.8) is 0 Å². The molecule has 37 heavy (non-hydrogen) atoms. The molecule has 0 aromatic heterocycles. The van der Waals surface area contributed by atoms with Crippen molar-refractivity contribution in [2.45, 2.75) is 97.1 Å². The lowest BCUT2D eigenvalue weighted by molar-refractivity contribution is -0.158. The number of fused-ring (bicyclic) bond motifs is 2. The second kappa shape index (κ2) is 9.84. The van der Waals surface area contributed by atoms with E-state index in [9.17, 15) is 19.5 Å². The Kier molecular flexibility index (Phi) is 7.40. The van der Waals surface area contributed by atoms with Crippen LogP contribution in [0.25, 0.3) is 0 Å². The lowest BCUT2D eigenvalue weighted by Crippen LogP contribution is -2.62. The first kappa shape index (κ1) is 27.8. The van der Waals surface area contributed by atoms with Crippen LogP contribution in [0, 0.1) is 23.2 Å². The highest BCUT2D eigenvalue weighted by molar-refractivity contribution is 5.99. The number of rotatable bonds is 6. The third kappa shape index (κ3) is 4.65. The molecule has 4 heterocycles. The standard InChI is InChI=1S/C29H44N2O6/c1-8-18(2)19(16-32)31-23-25(34)30(28(6,7)17-27(3,4)5)14-11-13-29(23)22(24(31)33)21-20(37-29)12-9-10-15-36-26(21)35/h9,11-13,18-23,32H,8,10,14-17H2,1-7H3/t18-,19-,20-,21+,22-,23?,29-/m0/s1. The number of carbonyl (C=O) groups excluding carboxylic acids is 3. The lowest BCUT2D eigenvalue weighted by Gasteiger charge is -2.46. The predicted molar refractivity (Wildman–Crippen MR) is 139 cm³/mol. The Morgan fingerprint density at radius 2 is 1.84 bits per heavy atom. The Morgan fingerprint density at radius 1 is 1.14 bits per heavy atom. The van der Waals surface area contributed by atoms with Gasteiger partial charge in [-0.1, -0.05) is 65.3 Å². The molecular formula is C29H44N2O6. The van der Waals surface area contributed by atoms with Gasteiger partial charge in [-0.15, -0.1) is 0 Å². The molecule has 0 aromatic carbocycles. The highest BCUT2D eigenvalue weighted by atomic mass is 16.6. The summed E-state index contributed by atoms with van der Waals surface area (Å²) in [5.74, 6) is -2.80. The predicted octanol–water partition coefficient (Wildman–Crippen LogP) is 3.09. The number of cyclic esters (lactones) is 1. The fourth-order valence-electron chi connectivity index (χ4n) is 7.16. The summed E-state index contributed by atoms with van der Waals surface area (Å²) in [6.07, 6.45) is 8.91. The summed E-state index contributed by atoms with van der Waals surface area (Å²) >= 11 is 0. The van der Waals surface area contributed by atoms with Gasteiger partial charge in [0.2, 0.25) is 11.8 Å². The minimum atomic E-state index is -1.31. The van der Waals surface area contributed by atoms with E-state index in [1.165, 1.54) is 0 Å². The van der Waals surface area contributed by atoms with Crippen LogP contribution < -0.4 is 0 Å². The molecule has 2 fully saturated rings. The summed E-state index contributed by atoms with van der Waals surface area (Å²) in [6, 6.07) is -1.56. The second-order valence-electron chi connectivity index (χ2n) is 13.0. The first-order valence-electron chi connectivity index (χ1n) is 13.7. The number of likely N-dealkylation sites (tertiary alicyclic amines) is 1. The Hall–Kier alpha value is -2.19. The van der Waals surface area contributed by atoms with Crippen LogP contribution >= 0.6 is 0 Å². The van der Waals surface area contributed by atoms with E-state index >= 15 is 0 Å². The van der Waals surface area contributed by atoms with E-state index in [-0.39, 0.29) is 36.4 Å². The molecule has 4 aliphatic rings. The van der Waals surface area contributed by atoms with Gasteiger partial charge in [0.25, 0.3) is 0 Å². The molecule has 1 spiro atoms. The van der Waals surface area contributed by atoms with Crippen LogP contribution in [-0.2, 0) is 23.9 Å². The summed E-state index contributed by atoms with van der Waals surface area (Å²) in [6.45, 7) is 14.9. The molecule has 0 aromatic rings. The number of hydrogen-bond donors (Lipinski definition) is 1. The van der Waals surface area contributed by atoms with Gasteiger partial charge < -0.3 is 24.4 Å². The minimum Gasteiger partial charge on any atom is -0.465 e. The Balaban J connectivity index is 1.87. The molecule has 8 heteroatoms. The van der Waals surface area contributed by atoms with Crippen molar-refractivity contribution < 1.29 is 29.0 Å². The number of nitrogens with zero attached hydrogens (tertiary/aromatic N) is 2. The van der Waals surface area contributed by atoms with Crippen molar-refractivity contribution in [3.8, 4) is 0 Å². The number of aliphatic hydroxyl groups excluding tert-OH is 1. The molecule has 2 saturated heterocycles. The Morgan fingerprint density at radius 3 is 2.46 bits per heavy atom. The summed E-state index contributed by atoms with van der Waals surface area (Å²) in [7, 11) is 0. The van der Waals surface area contributed by atoms with Gasteiger partial charge in [0.05, 0.1) is 31.3 Å². The fraction of sp³-hybridized carbons (Fsp3) is 0.759. The van der Waals surface area contributed by atoms with Crippen molar-refractivity contribution in [1.29, 1.82) is 0 Å². The molecule has 4 rings (SSSR count). The van der Waals surface area contributed by atoms with Crippen LogP contribution in [0.5, 0.6) is 0 Å². The van der Waals surface area contributed by atoms with E-state index in [1.54, 1.807) is 4.90 Å². The first-order valence-corrected chi connectivity index (χ1v) is 13.7. The number of esters is 1. The van der Waals surface area contributed by atoms with Gasteiger partial charge in [-0.3, -0.25) is 14.4 Å². The topological polar surface area (TPSA) is 96.4 Å². The molecular weight excluding hydrogens is 472 g/mol. The van der Waals surface area contributed by atoms with Gasteiger partial charge >= 0.3 is 5.97 Å². The van der Waals surface area contributed by atoms with Gasteiger partial charge in [-0.25, -0.2) is 0 Å². The van der Waals surface area contributed by atoms with Crippen molar-refractivity contribution in [1.82, 2.24) is 9.80 Å². The largest absolute Gasteiger partial charge is 0.465 e. The number of carbonyl (C=O) groups is 3. The van der Waals surface area contributed by atoms with Crippen molar-refractivity contribution in [2.24, 2.45) is 23.2 Å². The van der Waals surface area contributed by atoms with Crippen LogP contribution in [0.1, 0.15) is 67.7 Å². The van der Waals surface area contributed by atoms with Crippen molar-refractivity contribution in [2.75, 3.05) is 19.8 Å². The molecule has 1 N–H and O–H groups in total. The number of ether oxygens (including phenoxy) is 2. The first-order chi connectivity index (χ1) is 17.3. The summed E-state index contributed by atoms with van der Waals surface area (Å²) in [4.78, 5) is 45.5.